The zero-order chi connectivity index (χ0) is 24.5. The molecule has 3 aromatic rings. The highest BCUT2D eigenvalue weighted by molar-refractivity contribution is 6.32. The van der Waals surface area contributed by atoms with Crippen LogP contribution >= 0.6 is 23.2 Å². The first-order valence-corrected chi connectivity index (χ1v) is 11.6. The van der Waals surface area contributed by atoms with Gasteiger partial charge in [0.2, 0.25) is 0 Å². The molecule has 34 heavy (non-hydrogen) atoms. The number of amides is 1. The van der Waals surface area contributed by atoms with Crippen LogP contribution in [-0.2, 0) is 17.8 Å². The SMILES string of the molecule is CCOc1cc(/C=C(\C#N)C(=O)Nc2ccccc2CC)cc(Cl)c1OCc1ccccc1Cl. The van der Waals surface area contributed by atoms with Crippen molar-refractivity contribution in [2.75, 3.05) is 11.9 Å². The Kier molecular flexibility index (Phi) is 8.98. The molecule has 0 aromatic heterocycles. The Bertz CT molecular complexity index is 1250. The van der Waals surface area contributed by atoms with Gasteiger partial charge in [0.15, 0.2) is 11.5 Å². The van der Waals surface area contributed by atoms with Gasteiger partial charge in [0.05, 0.1) is 11.6 Å². The van der Waals surface area contributed by atoms with Gasteiger partial charge in [-0.05, 0) is 54.8 Å². The zero-order valence-corrected chi connectivity index (χ0v) is 20.4. The minimum Gasteiger partial charge on any atom is -0.490 e. The molecule has 174 valence electrons. The van der Waals surface area contributed by atoms with Crippen LogP contribution in [0.2, 0.25) is 10.0 Å². The molecule has 0 bridgehead atoms. The molecule has 0 radical (unpaired) electrons. The summed E-state index contributed by atoms with van der Waals surface area (Å²) in [5, 5.41) is 13.3. The van der Waals surface area contributed by atoms with Gasteiger partial charge >= 0.3 is 0 Å². The Morgan fingerprint density at radius 1 is 1.00 bits per heavy atom. The van der Waals surface area contributed by atoms with E-state index in [2.05, 4.69) is 5.32 Å². The summed E-state index contributed by atoms with van der Waals surface area (Å²) in [7, 11) is 0. The average Bonchev–Trinajstić information content (AvgIpc) is 2.83. The van der Waals surface area contributed by atoms with Crippen molar-refractivity contribution in [2.45, 2.75) is 26.9 Å². The molecule has 3 aromatic carbocycles. The fourth-order valence-corrected chi connectivity index (χ4v) is 3.76. The molecule has 0 heterocycles. The van der Waals surface area contributed by atoms with Gasteiger partial charge in [0.1, 0.15) is 18.2 Å². The largest absolute Gasteiger partial charge is 0.490 e. The molecular formula is C27H24Cl2N2O3. The van der Waals surface area contributed by atoms with E-state index in [4.69, 9.17) is 32.7 Å². The number of rotatable bonds is 9. The van der Waals surface area contributed by atoms with Crippen molar-refractivity contribution in [3.8, 4) is 17.6 Å². The van der Waals surface area contributed by atoms with Crippen LogP contribution < -0.4 is 14.8 Å². The minimum absolute atomic E-state index is 0.0610. The van der Waals surface area contributed by atoms with Gasteiger partial charge in [-0.3, -0.25) is 4.79 Å². The molecule has 5 nitrogen and oxygen atoms in total. The summed E-state index contributed by atoms with van der Waals surface area (Å²) >= 11 is 12.7. The van der Waals surface area contributed by atoms with E-state index in [1.54, 1.807) is 24.3 Å². The number of nitriles is 1. The standard InChI is InChI=1S/C27H24Cl2N2O3/c1-3-19-9-6-8-12-24(19)31-27(32)21(16-30)13-18-14-23(29)26(25(15-18)33-4-2)34-17-20-10-5-7-11-22(20)28/h5-15H,3-4,17H2,1-2H3,(H,31,32)/b21-13+. The summed E-state index contributed by atoms with van der Waals surface area (Å²) in [6.45, 7) is 4.43. The van der Waals surface area contributed by atoms with Gasteiger partial charge < -0.3 is 14.8 Å². The number of anilines is 1. The van der Waals surface area contributed by atoms with Crippen LogP contribution in [0.1, 0.15) is 30.5 Å². The number of carbonyl (C=O) groups is 1. The molecule has 3 rings (SSSR count). The molecule has 1 amide bonds. The summed E-state index contributed by atoms with van der Waals surface area (Å²) in [4.78, 5) is 12.8. The van der Waals surface area contributed by atoms with Crippen LogP contribution in [0.4, 0.5) is 5.69 Å². The summed E-state index contributed by atoms with van der Waals surface area (Å²) in [6, 6.07) is 20.1. The average molecular weight is 495 g/mol. The second-order valence-electron chi connectivity index (χ2n) is 7.28. The lowest BCUT2D eigenvalue weighted by atomic mass is 10.1. The van der Waals surface area contributed by atoms with Crippen LogP contribution in [0.15, 0.2) is 66.2 Å². The molecular weight excluding hydrogens is 471 g/mol. The number of benzene rings is 3. The number of aryl methyl sites for hydroxylation is 1. The molecule has 0 aliphatic rings. The zero-order valence-electron chi connectivity index (χ0n) is 18.9. The summed E-state index contributed by atoms with van der Waals surface area (Å²) in [5.41, 5.74) is 2.94. The smallest absolute Gasteiger partial charge is 0.266 e. The Labute approximate surface area is 209 Å². The Morgan fingerprint density at radius 3 is 2.38 bits per heavy atom. The van der Waals surface area contributed by atoms with Crippen LogP contribution in [0.5, 0.6) is 11.5 Å². The summed E-state index contributed by atoms with van der Waals surface area (Å²) in [6.07, 6.45) is 2.22. The predicted molar refractivity (Wildman–Crippen MR) is 136 cm³/mol. The number of carbonyl (C=O) groups excluding carboxylic acids is 1. The topological polar surface area (TPSA) is 71.3 Å². The van der Waals surface area contributed by atoms with E-state index >= 15 is 0 Å². The Morgan fingerprint density at radius 2 is 1.71 bits per heavy atom. The van der Waals surface area contributed by atoms with Gasteiger partial charge in [-0.25, -0.2) is 0 Å². The lowest BCUT2D eigenvalue weighted by Gasteiger charge is -2.15. The van der Waals surface area contributed by atoms with Gasteiger partial charge in [-0.1, -0.05) is 66.5 Å². The normalized spacial score (nSPS) is 11.0. The predicted octanol–water partition coefficient (Wildman–Crippen LogP) is 7.08. The van der Waals surface area contributed by atoms with Crippen molar-refractivity contribution in [1.82, 2.24) is 0 Å². The fraction of sp³-hybridized carbons (Fsp3) is 0.185. The molecule has 0 unspecified atom stereocenters. The van der Waals surface area contributed by atoms with Gasteiger partial charge in [0.25, 0.3) is 5.91 Å². The molecule has 0 aliphatic heterocycles. The van der Waals surface area contributed by atoms with E-state index in [9.17, 15) is 10.1 Å². The second-order valence-corrected chi connectivity index (χ2v) is 8.09. The third-order valence-corrected chi connectivity index (χ3v) is 5.63. The van der Waals surface area contributed by atoms with Crippen molar-refractivity contribution >= 4 is 40.9 Å². The van der Waals surface area contributed by atoms with Crippen LogP contribution in [0, 0.1) is 11.3 Å². The maximum atomic E-state index is 12.8. The number of para-hydroxylation sites is 1. The van der Waals surface area contributed by atoms with Crippen LogP contribution in [0.3, 0.4) is 0 Å². The maximum absolute atomic E-state index is 12.8. The monoisotopic (exact) mass is 494 g/mol. The number of nitrogens with zero attached hydrogens (tertiary/aromatic N) is 1. The van der Waals surface area contributed by atoms with Gasteiger partial charge in [0, 0.05) is 16.3 Å². The maximum Gasteiger partial charge on any atom is 0.266 e. The number of nitrogens with one attached hydrogen (secondary N) is 1. The third kappa shape index (κ3) is 6.32. The van der Waals surface area contributed by atoms with Crippen molar-refractivity contribution < 1.29 is 14.3 Å². The molecule has 1 N–H and O–H groups in total. The summed E-state index contributed by atoms with van der Waals surface area (Å²) < 4.78 is 11.6. The van der Waals surface area contributed by atoms with E-state index in [1.165, 1.54) is 6.08 Å². The highest BCUT2D eigenvalue weighted by Crippen LogP contribution is 2.38. The van der Waals surface area contributed by atoms with Crippen molar-refractivity contribution in [3.63, 3.8) is 0 Å². The first-order chi connectivity index (χ1) is 16.5. The molecule has 0 saturated carbocycles. The minimum atomic E-state index is -0.503. The second kappa shape index (κ2) is 12.1. The molecule has 0 spiro atoms. The lowest BCUT2D eigenvalue weighted by Crippen LogP contribution is -2.14. The van der Waals surface area contributed by atoms with Crippen molar-refractivity contribution in [1.29, 1.82) is 5.26 Å². The highest BCUT2D eigenvalue weighted by Gasteiger charge is 2.16. The van der Waals surface area contributed by atoms with E-state index in [1.807, 2.05) is 56.3 Å². The third-order valence-electron chi connectivity index (χ3n) is 4.98. The Balaban J connectivity index is 1.87. The number of ether oxygens (including phenoxy) is 2. The molecule has 0 aliphatic carbocycles. The number of hydrogen-bond acceptors (Lipinski definition) is 4. The fourth-order valence-electron chi connectivity index (χ4n) is 3.30. The highest BCUT2D eigenvalue weighted by atomic mass is 35.5. The lowest BCUT2D eigenvalue weighted by molar-refractivity contribution is -0.112. The van der Waals surface area contributed by atoms with E-state index < -0.39 is 5.91 Å². The van der Waals surface area contributed by atoms with E-state index in [0.717, 1.165) is 17.5 Å². The van der Waals surface area contributed by atoms with Crippen molar-refractivity contribution in [2.24, 2.45) is 0 Å². The van der Waals surface area contributed by atoms with Crippen LogP contribution in [-0.4, -0.2) is 12.5 Å². The number of halogens is 2. The first kappa shape index (κ1) is 25.2. The molecule has 0 fully saturated rings. The van der Waals surface area contributed by atoms with Gasteiger partial charge in [-0.15, -0.1) is 0 Å². The summed E-state index contributed by atoms with van der Waals surface area (Å²) in [5.74, 6) is 0.263. The van der Waals surface area contributed by atoms with Crippen LogP contribution in [0.25, 0.3) is 6.08 Å². The quantitative estimate of drug-likeness (QED) is 0.254. The molecule has 7 heteroatoms. The van der Waals surface area contributed by atoms with Crippen molar-refractivity contribution in [3.05, 3.63) is 93.0 Å². The number of hydrogen-bond donors (Lipinski definition) is 1. The van der Waals surface area contributed by atoms with E-state index in [-0.39, 0.29) is 12.2 Å². The van der Waals surface area contributed by atoms with E-state index in [0.29, 0.717) is 39.4 Å². The molecule has 0 atom stereocenters. The first-order valence-electron chi connectivity index (χ1n) is 10.8. The molecule has 0 saturated heterocycles. The Hall–Kier alpha value is -3.46. The van der Waals surface area contributed by atoms with Gasteiger partial charge in [-0.2, -0.15) is 5.26 Å².